The Hall–Kier alpha value is -1.72. The average molecular weight is 261 g/mol. The van der Waals surface area contributed by atoms with Crippen LogP contribution in [0.25, 0.3) is 0 Å². The molecular formula is C12H14F3NO2. The van der Waals surface area contributed by atoms with Crippen LogP contribution in [0.3, 0.4) is 0 Å². The predicted molar refractivity (Wildman–Crippen MR) is 61.2 cm³/mol. The Morgan fingerprint density at radius 3 is 2.06 bits per heavy atom. The summed E-state index contributed by atoms with van der Waals surface area (Å²) in [6.45, 7) is 3.16. The summed E-state index contributed by atoms with van der Waals surface area (Å²) >= 11 is 0. The van der Waals surface area contributed by atoms with Gasteiger partial charge in [0.25, 0.3) is 0 Å². The Balaban J connectivity index is 2.85. The lowest BCUT2D eigenvalue weighted by molar-refractivity contribution is -0.144. The zero-order valence-electron chi connectivity index (χ0n) is 10.3. The van der Waals surface area contributed by atoms with Crippen LogP contribution in [0.5, 0.6) is 0 Å². The quantitative estimate of drug-likeness (QED) is 0.850. The molecule has 0 aliphatic heterocycles. The Labute approximate surface area is 103 Å². The third-order valence-corrected chi connectivity index (χ3v) is 2.36. The molecule has 0 aromatic heterocycles. The first-order chi connectivity index (χ1) is 8.16. The minimum absolute atomic E-state index is 0.415. The highest BCUT2D eigenvalue weighted by atomic mass is 19.4. The Bertz CT molecular complexity index is 424. The second kappa shape index (κ2) is 4.88. The lowest BCUT2D eigenvalue weighted by atomic mass is 10.1. The van der Waals surface area contributed by atoms with E-state index in [1.165, 1.54) is 19.2 Å². The van der Waals surface area contributed by atoms with Gasteiger partial charge in [-0.25, -0.2) is 4.79 Å². The molecule has 0 heterocycles. The van der Waals surface area contributed by atoms with Gasteiger partial charge in [-0.05, 0) is 38.1 Å². The van der Waals surface area contributed by atoms with E-state index in [4.69, 9.17) is 0 Å². The molecule has 1 aromatic rings. The minimum atomic E-state index is -4.36. The summed E-state index contributed by atoms with van der Waals surface area (Å²) in [4.78, 5) is 11.4. The van der Waals surface area contributed by atoms with Crippen molar-refractivity contribution >= 4 is 11.7 Å². The van der Waals surface area contributed by atoms with Crippen LogP contribution in [0.2, 0.25) is 0 Å². The number of hydrogen-bond donors (Lipinski definition) is 1. The fourth-order valence-corrected chi connectivity index (χ4v) is 1.41. The van der Waals surface area contributed by atoms with Gasteiger partial charge < -0.3 is 10.1 Å². The van der Waals surface area contributed by atoms with Crippen LogP contribution in [-0.2, 0) is 15.7 Å². The van der Waals surface area contributed by atoms with Crippen molar-refractivity contribution in [3.63, 3.8) is 0 Å². The first-order valence-electron chi connectivity index (χ1n) is 5.20. The third kappa shape index (κ3) is 3.38. The van der Waals surface area contributed by atoms with E-state index in [-0.39, 0.29) is 0 Å². The van der Waals surface area contributed by atoms with Gasteiger partial charge in [0.15, 0.2) is 0 Å². The molecule has 0 radical (unpaired) electrons. The first-order valence-corrected chi connectivity index (χ1v) is 5.20. The van der Waals surface area contributed by atoms with Crippen molar-refractivity contribution in [3.05, 3.63) is 29.8 Å². The van der Waals surface area contributed by atoms with E-state index < -0.39 is 23.2 Å². The van der Waals surface area contributed by atoms with E-state index in [9.17, 15) is 18.0 Å². The SMILES string of the molecule is COC(=O)C(C)(C)Nc1ccc(C(F)(F)F)cc1. The van der Waals surface area contributed by atoms with Crippen LogP contribution in [-0.4, -0.2) is 18.6 Å². The van der Waals surface area contributed by atoms with Gasteiger partial charge in [-0.15, -0.1) is 0 Å². The summed E-state index contributed by atoms with van der Waals surface area (Å²) in [5.74, 6) is -0.498. The monoisotopic (exact) mass is 261 g/mol. The Morgan fingerprint density at radius 1 is 1.17 bits per heavy atom. The fraction of sp³-hybridized carbons (Fsp3) is 0.417. The van der Waals surface area contributed by atoms with E-state index in [0.717, 1.165) is 12.1 Å². The summed E-state index contributed by atoms with van der Waals surface area (Å²) in [6, 6.07) is 4.45. The molecule has 0 atom stereocenters. The maximum atomic E-state index is 12.3. The number of nitrogens with one attached hydrogen (secondary N) is 1. The zero-order chi connectivity index (χ0) is 14.0. The number of carbonyl (C=O) groups is 1. The number of esters is 1. The molecule has 1 N–H and O–H groups in total. The molecule has 0 spiro atoms. The van der Waals surface area contributed by atoms with E-state index in [1.54, 1.807) is 13.8 Å². The molecule has 0 unspecified atom stereocenters. The smallest absolute Gasteiger partial charge is 0.416 e. The predicted octanol–water partition coefficient (Wildman–Crippen LogP) is 3.07. The van der Waals surface area contributed by atoms with Crippen LogP contribution in [0, 0.1) is 0 Å². The van der Waals surface area contributed by atoms with Crippen molar-refractivity contribution in [1.82, 2.24) is 0 Å². The van der Waals surface area contributed by atoms with Gasteiger partial charge in [-0.2, -0.15) is 13.2 Å². The zero-order valence-corrected chi connectivity index (χ0v) is 10.3. The highest BCUT2D eigenvalue weighted by Crippen LogP contribution is 2.30. The molecule has 0 aliphatic carbocycles. The number of halogens is 3. The first kappa shape index (κ1) is 14.3. The van der Waals surface area contributed by atoms with E-state index >= 15 is 0 Å². The molecule has 0 saturated heterocycles. The molecule has 18 heavy (non-hydrogen) atoms. The molecule has 3 nitrogen and oxygen atoms in total. The second-order valence-corrected chi connectivity index (χ2v) is 4.32. The van der Waals surface area contributed by atoms with Gasteiger partial charge in [-0.3, -0.25) is 0 Å². The lowest BCUT2D eigenvalue weighted by Gasteiger charge is -2.24. The average Bonchev–Trinajstić information content (AvgIpc) is 2.26. The lowest BCUT2D eigenvalue weighted by Crippen LogP contribution is -2.41. The molecule has 6 heteroatoms. The van der Waals surface area contributed by atoms with Gasteiger partial charge >= 0.3 is 12.1 Å². The highest BCUT2D eigenvalue weighted by molar-refractivity contribution is 5.83. The van der Waals surface area contributed by atoms with Gasteiger partial charge in [0.05, 0.1) is 12.7 Å². The van der Waals surface area contributed by atoms with Crippen molar-refractivity contribution in [2.75, 3.05) is 12.4 Å². The Morgan fingerprint density at radius 2 is 1.67 bits per heavy atom. The van der Waals surface area contributed by atoms with Crippen LogP contribution in [0.4, 0.5) is 18.9 Å². The number of anilines is 1. The number of alkyl halides is 3. The maximum absolute atomic E-state index is 12.3. The molecule has 0 fully saturated rings. The van der Waals surface area contributed by atoms with E-state index in [1.807, 2.05) is 0 Å². The van der Waals surface area contributed by atoms with Gasteiger partial charge in [0, 0.05) is 5.69 Å². The topological polar surface area (TPSA) is 38.3 Å². The minimum Gasteiger partial charge on any atom is -0.467 e. The number of ether oxygens (including phenoxy) is 1. The molecule has 100 valence electrons. The third-order valence-electron chi connectivity index (χ3n) is 2.36. The number of hydrogen-bond acceptors (Lipinski definition) is 3. The van der Waals surface area contributed by atoms with Crippen molar-refractivity contribution < 1.29 is 22.7 Å². The molecule has 0 saturated carbocycles. The maximum Gasteiger partial charge on any atom is 0.416 e. The van der Waals surface area contributed by atoms with Crippen molar-refractivity contribution in [2.24, 2.45) is 0 Å². The van der Waals surface area contributed by atoms with E-state index in [0.29, 0.717) is 5.69 Å². The molecular weight excluding hydrogens is 247 g/mol. The number of carbonyl (C=O) groups excluding carboxylic acids is 1. The van der Waals surface area contributed by atoms with Crippen LogP contribution in [0.15, 0.2) is 24.3 Å². The largest absolute Gasteiger partial charge is 0.467 e. The van der Waals surface area contributed by atoms with Gasteiger partial charge in [0.2, 0.25) is 0 Å². The van der Waals surface area contributed by atoms with Gasteiger partial charge in [-0.1, -0.05) is 0 Å². The highest BCUT2D eigenvalue weighted by Gasteiger charge is 2.31. The standard InChI is InChI=1S/C12H14F3NO2/c1-11(2,10(17)18-3)16-9-6-4-8(5-7-9)12(13,14)15/h4-7,16H,1-3H3. The van der Waals surface area contributed by atoms with Crippen molar-refractivity contribution in [2.45, 2.75) is 25.6 Å². The number of methoxy groups -OCH3 is 1. The van der Waals surface area contributed by atoms with Gasteiger partial charge in [0.1, 0.15) is 5.54 Å². The Kier molecular flexibility index (Phi) is 3.88. The van der Waals surface area contributed by atoms with Crippen molar-refractivity contribution in [1.29, 1.82) is 0 Å². The summed E-state index contributed by atoms with van der Waals surface area (Å²) in [5.41, 5.74) is -1.32. The molecule has 0 bridgehead atoms. The normalized spacial score (nSPS) is 12.1. The molecule has 0 amide bonds. The summed E-state index contributed by atoms with van der Waals surface area (Å²) < 4.78 is 41.6. The fourth-order valence-electron chi connectivity index (χ4n) is 1.41. The van der Waals surface area contributed by atoms with Crippen LogP contribution >= 0.6 is 0 Å². The molecule has 1 aromatic carbocycles. The second-order valence-electron chi connectivity index (χ2n) is 4.32. The summed E-state index contributed by atoms with van der Waals surface area (Å²) in [5, 5.41) is 2.81. The summed E-state index contributed by atoms with van der Waals surface area (Å²) in [6.07, 6.45) is -4.36. The van der Waals surface area contributed by atoms with Crippen LogP contribution in [0.1, 0.15) is 19.4 Å². The van der Waals surface area contributed by atoms with Crippen LogP contribution < -0.4 is 5.32 Å². The molecule has 0 aliphatic rings. The number of benzene rings is 1. The number of rotatable bonds is 3. The van der Waals surface area contributed by atoms with E-state index in [2.05, 4.69) is 10.1 Å². The molecule has 1 rings (SSSR count). The van der Waals surface area contributed by atoms with Crippen molar-refractivity contribution in [3.8, 4) is 0 Å². The summed E-state index contributed by atoms with van der Waals surface area (Å²) in [7, 11) is 1.25.